The first-order chi connectivity index (χ1) is 11.1. The van der Waals surface area contributed by atoms with Gasteiger partial charge in [0.25, 0.3) is 0 Å². The molecule has 1 amide bonds. The molecule has 0 aliphatic carbocycles. The molecule has 1 aromatic rings. The van der Waals surface area contributed by atoms with Gasteiger partial charge in [-0.2, -0.15) is 0 Å². The lowest BCUT2D eigenvalue weighted by Crippen LogP contribution is -2.42. The Labute approximate surface area is 138 Å². The minimum atomic E-state index is -0.859. The van der Waals surface area contributed by atoms with Crippen LogP contribution in [0.5, 0.6) is 0 Å². The molecular formula is C19H27NO3. The number of likely N-dealkylation sites (tertiary alicyclic amines) is 1. The molecule has 1 N–H and O–H groups in total. The quantitative estimate of drug-likeness (QED) is 0.872. The lowest BCUT2D eigenvalue weighted by atomic mass is 9.87. The van der Waals surface area contributed by atoms with Gasteiger partial charge in [0.2, 0.25) is 5.91 Å². The van der Waals surface area contributed by atoms with E-state index in [1.54, 1.807) is 12.1 Å². The number of carbonyl (C=O) groups is 2. The van der Waals surface area contributed by atoms with Crippen molar-refractivity contribution in [2.75, 3.05) is 13.1 Å². The molecule has 23 heavy (non-hydrogen) atoms. The fourth-order valence-corrected chi connectivity index (χ4v) is 3.47. The maximum Gasteiger partial charge on any atom is 0.335 e. The van der Waals surface area contributed by atoms with E-state index in [0.717, 1.165) is 50.8 Å². The smallest absolute Gasteiger partial charge is 0.335 e. The third kappa shape index (κ3) is 4.34. The Morgan fingerprint density at radius 3 is 2.35 bits per heavy atom. The molecule has 4 nitrogen and oxygen atoms in total. The molecule has 0 aromatic heterocycles. The Hall–Kier alpha value is -1.84. The van der Waals surface area contributed by atoms with Crippen molar-refractivity contribution in [3.8, 4) is 0 Å². The van der Waals surface area contributed by atoms with Crippen molar-refractivity contribution in [3.63, 3.8) is 0 Å². The van der Waals surface area contributed by atoms with Gasteiger partial charge >= 0.3 is 5.97 Å². The molecule has 1 aliphatic heterocycles. The van der Waals surface area contributed by atoms with Gasteiger partial charge in [-0.05, 0) is 49.7 Å². The van der Waals surface area contributed by atoms with Gasteiger partial charge in [0.05, 0.1) is 5.56 Å². The highest BCUT2D eigenvalue weighted by atomic mass is 16.4. The van der Waals surface area contributed by atoms with Crippen LogP contribution in [0, 0.1) is 11.8 Å². The number of piperidine rings is 1. The molecule has 2 rings (SSSR count). The summed E-state index contributed by atoms with van der Waals surface area (Å²) >= 11 is 0. The van der Waals surface area contributed by atoms with Crippen LogP contribution < -0.4 is 0 Å². The maximum absolute atomic E-state index is 12.4. The Morgan fingerprint density at radius 2 is 1.78 bits per heavy atom. The van der Waals surface area contributed by atoms with E-state index in [4.69, 9.17) is 0 Å². The van der Waals surface area contributed by atoms with E-state index in [1.807, 2.05) is 17.0 Å². The molecule has 1 aromatic carbocycles. The predicted molar refractivity (Wildman–Crippen MR) is 90.5 cm³/mol. The zero-order valence-corrected chi connectivity index (χ0v) is 14.1. The standard InChI is InChI=1S/C19H27NO3/c1-3-15(4-2)18(21)20-11-9-14(10-12-20)13-16-7-5-6-8-17(16)19(22)23/h5-8,14-15H,3-4,9-13H2,1-2H3,(H,22,23). The first kappa shape index (κ1) is 17.5. The monoisotopic (exact) mass is 317 g/mol. The minimum absolute atomic E-state index is 0.152. The van der Waals surface area contributed by atoms with Crippen LogP contribution in [0.1, 0.15) is 55.5 Å². The molecule has 1 heterocycles. The van der Waals surface area contributed by atoms with Crippen molar-refractivity contribution in [1.82, 2.24) is 4.90 Å². The molecule has 0 unspecified atom stereocenters. The highest BCUT2D eigenvalue weighted by Crippen LogP contribution is 2.25. The Morgan fingerprint density at radius 1 is 1.17 bits per heavy atom. The summed E-state index contributed by atoms with van der Waals surface area (Å²) in [5.74, 6) is 0.0434. The van der Waals surface area contributed by atoms with Gasteiger partial charge in [-0.1, -0.05) is 32.0 Å². The van der Waals surface area contributed by atoms with Crippen LogP contribution in [0.3, 0.4) is 0 Å². The summed E-state index contributed by atoms with van der Waals surface area (Å²) in [6, 6.07) is 7.24. The average Bonchev–Trinajstić information content (AvgIpc) is 2.57. The number of aromatic carboxylic acids is 1. The summed E-state index contributed by atoms with van der Waals surface area (Å²) in [6.07, 6.45) is 4.51. The topological polar surface area (TPSA) is 57.6 Å². The van der Waals surface area contributed by atoms with Gasteiger partial charge < -0.3 is 10.0 Å². The highest BCUT2D eigenvalue weighted by molar-refractivity contribution is 5.89. The molecule has 126 valence electrons. The average molecular weight is 317 g/mol. The summed E-state index contributed by atoms with van der Waals surface area (Å²) in [6.45, 7) is 5.74. The molecule has 0 atom stereocenters. The molecule has 0 radical (unpaired) electrons. The lowest BCUT2D eigenvalue weighted by molar-refractivity contribution is -0.137. The van der Waals surface area contributed by atoms with Crippen molar-refractivity contribution >= 4 is 11.9 Å². The van der Waals surface area contributed by atoms with Crippen LogP contribution in [-0.4, -0.2) is 35.0 Å². The number of carbonyl (C=O) groups excluding carboxylic acids is 1. The number of carboxylic acids is 1. The number of rotatable bonds is 6. The van der Waals surface area contributed by atoms with E-state index >= 15 is 0 Å². The van der Waals surface area contributed by atoms with Crippen molar-refractivity contribution in [2.24, 2.45) is 11.8 Å². The van der Waals surface area contributed by atoms with Gasteiger partial charge in [-0.3, -0.25) is 4.79 Å². The second kappa shape index (κ2) is 8.14. The molecule has 0 spiro atoms. The first-order valence-corrected chi connectivity index (χ1v) is 8.66. The largest absolute Gasteiger partial charge is 0.478 e. The zero-order valence-electron chi connectivity index (χ0n) is 14.1. The van der Waals surface area contributed by atoms with E-state index in [1.165, 1.54) is 0 Å². The highest BCUT2D eigenvalue weighted by Gasteiger charge is 2.27. The van der Waals surface area contributed by atoms with Crippen molar-refractivity contribution in [2.45, 2.75) is 46.0 Å². The number of carboxylic acid groups (broad SMARTS) is 1. The van der Waals surface area contributed by atoms with Crippen molar-refractivity contribution < 1.29 is 14.7 Å². The van der Waals surface area contributed by atoms with Crippen LogP contribution >= 0.6 is 0 Å². The molecule has 0 bridgehead atoms. The SMILES string of the molecule is CCC(CC)C(=O)N1CCC(Cc2ccccc2C(=O)O)CC1. The van der Waals surface area contributed by atoms with Crippen LogP contribution in [0.15, 0.2) is 24.3 Å². The first-order valence-electron chi connectivity index (χ1n) is 8.66. The molecular weight excluding hydrogens is 290 g/mol. The van der Waals surface area contributed by atoms with Crippen molar-refractivity contribution in [3.05, 3.63) is 35.4 Å². The van der Waals surface area contributed by atoms with Crippen LogP contribution in [-0.2, 0) is 11.2 Å². The second-order valence-corrected chi connectivity index (χ2v) is 6.45. The summed E-state index contributed by atoms with van der Waals surface area (Å²) in [5, 5.41) is 9.27. The molecule has 4 heteroatoms. The molecule has 0 saturated carbocycles. The Balaban J connectivity index is 1.93. The Kier molecular flexibility index (Phi) is 6.20. The van der Waals surface area contributed by atoms with Crippen LogP contribution in [0.2, 0.25) is 0 Å². The fourth-order valence-electron chi connectivity index (χ4n) is 3.47. The van der Waals surface area contributed by atoms with Gasteiger partial charge in [0.1, 0.15) is 0 Å². The summed E-state index contributed by atoms with van der Waals surface area (Å²) in [5.41, 5.74) is 1.31. The number of benzene rings is 1. The maximum atomic E-state index is 12.4. The normalized spacial score (nSPS) is 15.9. The van der Waals surface area contributed by atoms with Crippen LogP contribution in [0.25, 0.3) is 0 Å². The third-order valence-corrected chi connectivity index (χ3v) is 5.02. The summed E-state index contributed by atoms with van der Waals surface area (Å²) < 4.78 is 0. The second-order valence-electron chi connectivity index (χ2n) is 6.45. The molecule has 1 fully saturated rings. The van der Waals surface area contributed by atoms with E-state index in [-0.39, 0.29) is 5.92 Å². The fraction of sp³-hybridized carbons (Fsp3) is 0.579. The number of nitrogens with zero attached hydrogens (tertiary/aromatic N) is 1. The Bertz CT molecular complexity index is 543. The van der Waals surface area contributed by atoms with Gasteiger partial charge in [0, 0.05) is 19.0 Å². The van der Waals surface area contributed by atoms with Crippen molar-refractivity contribution in [1.29, 1.82) is 0 Å². The van der Waals surface area contributed by atoms with Gasteiger partial charge in [-0.25, -0.2) is 4.79 Å². The number of amides is 1. The zero-order chi connectivity index (χ0) is 16.8. The summed E-state index contributed by atoms with van der Waals surface area (Å²) in [7, 11) is 0. The molecule has 1 saturated heterocycles. The lowest BCUT2D eigenvalue weighted by Gasteiger charge is -2.34. The third-order valence-electron chi connectivity index (χ3n) is 5.02. The van der Waals surface area contributed by atoms with E-state index in [0.29, 0.717) is 17.4 Å². The van der Waals surface area contributed by atoms with Gasteiger partial charge in [0.15, 0.2) is 0 Å². The van der Waals surface area contributed by atoms with Gasteiger partial charge in [-0.15, -0.1) is 0 Å². The van der Waals surface area contributed by atoms with E-state index in [9.17, 15) is 14.7 Å². The number of hydrogen-bond donors (Lipinski definition) is 1. The van der Waals surface area contributed by atoms with Crippen LogP contribution in [0.4, 0.5) is 0 Å². The predicted octanol–water partition coefficient (Wildman–Crippen LogP) is 3.60. The van der Waals surface area contributed by atoms with E-state index in [2.05, 4.69) is 13.8 Å². The van der Waals surface area contributed by atoms with E-state index < -0.39 is 5.97 Å². The minimum Gasteiger partial charge on any atom is -0.478 e. The molecule has 1 aliphatic rings. The summed E-state index contributed by atoms with van der Waals surface area (Å²) in [4.78, 5) is 25.7. The number of hydrogen-bond acceptors (Lipinski definition) is 2.